The van der Waals surface area contributed by atoms with E-state index in [9.17, 15) is 13.2 Å². The number of amides is 1. The quantitative estimate of drug-likeness (QED) is 0.346. The fraction of sp³-hybridized carbons (Fsp3) is 0.160. The van der Waals surface area contributed by atoms with Crippen molar-refractivity contribution in [1.82, 2.24) is 9.71 Å². The summed E-state index contributed by atoms with van der Waals surface area (Å²) in [5, 5.41) is 1.95. The third-order valence-corrected chi connectivity index (χ3v) is 7.89. The highest BCUT2D eigenvalue weighted by molar-refractivity contribution is 7.90. The monoisotopic (exact) mass is 500 g/mol. The van der Waals surface area contributed by atoms with E-state index in [1.807, 2.05) is 13.0 Å². The maximum absolute atomic E-state index is 12.9. The van der Waals surface area contributed by atoms with Crippen molar-refractivity contribution in [3.63, 3.8) is 0 Å². The highest BCUT2D eigenvalue weighted by Crippen LogP contribution is 2.30. The average Bonchev–Trinajstić information content (AvgIpc) is 3.03. The molecule has 1 heterocycles. The zero-order valence-electron chi connectivity index (χ0n) is 18.3. The molecule has 0 fully saturated rings. The van der Waals surface area contributed by atoms with Crippen LogP contribution in [0.1, 0.15) is 38.3 Å². The van der Waals surface area contributed by atoms with Gasteiger partial charge in [-0.3, -0.25) is 4.79 Å². The summed E-state index contributed by atoms with van der Waals surface area (Å²) in [6, 6.07) is 15.6. The van der Waals surface area contributed by atoms with Crippen molar-refractivity contribution < 1.29 is 13.2 Å². The zero-order chi connectivity index (χ0) is 23.9. The normalized spacial score (nSPS) is 11.7. The first kappa shape index (κ1) is 23.4. The average molecular weight is 501 g/mol. The molecule has 0 bridgehead atoms. The van der Waals surface area contributed by atoms with Crippen molar-refractivity contribution in [2.75, 3.05) is 0 Å². The number of nitrogens with one attached hydrogen (secondary N) is 2. The van der Waals surface area contributed by atoms with Crippen molar-refractivity contribution in [2.24, 2.45) is 0 Å². The molecule has 3 aromatic carbocycles. The van der Waals surface area contributed by atoms with Crippen LogP contribution in [0.3, 0.4) is 0 Å². The van der Waals surface area contributed by atoms with E-state index in [1.165, 1.54) is 0 Å². The second kappa shape index (κ2) is 8.86. The number of aromatic amines is 1. The Balaban J connectivity index is 1.69. The molecule has 4 aromatic rings. The Hall–Kier alpha value is -2.80. The van der Waals surface area contributed by atoms with Gasteiger partial charge in [-0.2, -0.15) is 0 Å². The van der Waals surface area contributed by atoms with Crippen LogP contribution >= 0.6 is 23.2 Å². The first-order chi connectivity index (χ1) is 15.6. The van der Waals surface area contributed by atoms with Gasteiger partial charge in [0.1, 0.15) is 0 Å². The smallest absolute Gasteiger partial charge is 0.265 e. The maximum Gasteiger partial charge on any atom is 0.265 e. The summed E-state index contributed by atoms with van der Waals surface area (Å²) in [6.45, 7) is 5.36. The Bertz CT molecular complexity index is 1490. The van der Waals surface area contributed by atoms with Gasteiger partial charge in [-0.1, -0.05) is 47.5 Å². The first-order valence-electron chi connectivity index (χ1n) is 10.3. The minimum Gasteiger partial charge on any atom is -0.358 e. The van der Waals surface area contributed by atoms with Gasteiger partial charge >= 0.3 is 0 Å². The molecular weight excluding hydrogens is 479 g/mol. The Kier molecular flexibility index (Phi) is 6.27. The lowest BCUT2D eigenvalue weighted by Crippen LogP contribution is -2.31. The number of aromatic nitrogens is 1. The number of carbonyl (C=O) groups excluding carboxylic acids is 1. The van der Waals surface area contributed by atoms with Crippen LogP contribution in [-0.2, 0) is 16.4 Å². The van der Waals surface area contributed by atoms with Crippen LogP contribution in [0.2, 0.25) is 10.0 Å². The zero-order valence-corrected chi connectivity index (χ0v) is 20.6. The van der Waals surface area contributed by atoms with E-state index in [0.29, 0.717) is 27.6 Å². The molecule has 5 nitrogen and oxygen atoms in total. The molecule has 0 spiro atoms. The minimum atomic E-state index is -4.02. The molecule has 0 atom stereocenters. The number of rotatable bonds is 5. The molecule has 0 aliphatic rings. The van der Waals surface area contributed by atoms with Gasteiger partial charge in [0.05, 0.1) is 4.90 Å². The molecule has 0 saturated heterocycles. The summed E-state index contributed by atoms with van der Waals surface area (Å²) in [4.78, 5) is 16.4. The molecule has 0 saturated carbocycles. The molecule has 33 heavy (non-hydrogen) atoms. The fourth-order valence-electron chi connectivity index (χ4n) is 4.06. The van der Waals surface area contributed by atoms with E-state index in [-0.39, 0.29) is 10.5 Å². The van der Waals surface area contributed by atoms with Crippen LogP contribution in [0.15, 0.2) is 59.5 Å². The minimum absolute atomic E-state index is 0.120. The third kappa shape index (κ3) is 4.64. The van der Waals surface area contributed by atoms with Crippen molar-refractivity contribution in [3.05, 3.63) is 98.2 Å². The van der Waals surface area contributed by atoms with Gasteiger partial charge in [0.15, 0.2) is 0 Å². The number of hydrogen-bond acceptors (Lipinski definition) is 3. The summed E-state index contributed by atoms with van der Waals surface area (Å²) in [7, 11) is -4.02. The Labute approximate surface area is 202 Å². The van der Waals surface area contributed by atoms with E-state index in [2.05, 4.69) is 9.71 Å². The number of sulfonamides is 1. The first-order valence-corrected chi connectivity index (χ1v) is 12.5. The second-order valence-electron chi connectivity index (χ2n) is 8.06. The molecule has 4 rings (SSSR count). The van der Waals surface area contributed by atoms with Crippen LogP contribution in [0.4, 0.5) is 0 Å². The van der Waals surface area contributed by atoms with Crippen LogP contribution < -0.4 is 4.72 Å². The van der Waals surface area contributed by atoms with Crippen LogP contribution in [-0.4, -0.2) is 19.3 Å². The summed E-state index contributed by atoms with van der Waals surface area (Å²) in [5.74, 6) is -0.686. The fourth-order valence-corrected chi connectivity index (χ4v) is 5.99. The molecule has 0 aliphatic carbocycles. The van der Waals surface area contributed by atoms with Gasteiger partial charge in [0, 0.05) is 38.6 Å². The third-order valence-electron chi connectivity index (χ3n) is 5.67. The van der Waals surface area contributed by atoms with Crippen molar-refractivity contribution in [1.29, 1.82) is 0 Å². The van der Waals surface area contributed by atoms with Gasteiger partial charge < -0.3 is 4.98 Å². The van der Waals surface area contributed by atoms with Gasteiger partial charge in [-0.25, -0.2) is 13.1 Å². The van der Waals surface area contributed by atoms with E-state index in [0.717, 1.165) is 27.7 Å². The number of aryl methyl sites for hydroxylation is 3. The van der Waals surface area contributed by atoms with E-state index >= 15 is 0 Å². The van der Waals surface area contributed by atoms with E-state index in [4.69, 9.17) is 23.2 Å². The lowest BCUT2D eigenvalue weighted by Gasteiger charge is -2.12. The molecule has 2 N–H and O–H groups in total. The van der Waals surface area contributed by atoms with Gasteiger partial charge in [0.25, 0.3) is 15.9 Å². The number of benzene rings is 3. The predicted octanol–water partition coefficient (Wildman–Crippen LogP) is 6.11. The lowest BCUT2D eigenvalue weighted by molar-refractivity contribution is 0.0981. The number of carbonyl (C=O) groups is 1. The SMILES string of the molecule is Cc1cccc(C)c1S(=O)(=O)NC(=O)c1ccc2[nH]c(C)c(Cc3ccc(Cl)cc3Cl)c2c1. The molecule has 8 heteroatoms. The maximum atomic E-state index is 12.9. The van der Waals surface area contributed by atoms with Crippen LogP contribution in [0.5, 0.6) is 0 Å². The highest BCUT2D eigenvalue weighted by Gasteiger charge is 2.23. The second-order valence-corrected chi connectivity index (χ2v) is 10.5. The summed E-state index contributed by atoms with van der Waals surface area (Å²) in [6.07, 6.45) is 0.535. The predicted molar refractivity (Wildman–Crippen MR) is 133 cm³/mol. The molecule has 1 amide bonds. The Morgan fingerprint density at radius 2 is 1.67 bits per heavy atom. The van der Waals surface area contributed by atoms with Crippen molar-refractivity contribution in [2.45, 2.75) is 32.1 Å². The van der Waals surface area contributed by atoms with Gasteiger partial charge in [0.2, 0.25) is 0 Å². The molecule has 1 aromatic heterocycles. The standard InChI is InChI=1S/C25H22Cl2N2O3S/c1-14-5-4-6-15(2)24(14)33(31,32)29-25(30)18-8-10-23-21(12-18)20(16(3)28-23)11-17-7-9-19(26)13-22(17)27/h4-10,12-13,28H,11H2,1-3H3,(H,29,30). The topological polar surface area (TPSA) is 79.0 Å². The van der Waals surface area contributed by atoms with Crippen LogP contribution in [0, 0.1) is 20.8 Å². The largest absolute Gasteiger partial charge is 0.358 e. The Morgan fingerprint density at radius 1 is 0.970 bits per heavy atom. The van der Waals surface area contributed by atoms with Crippen molar-refractivity contribution >= 4 is 50.0 Å². The molecular formula is C25H22Cl2N2O3S. The van der Waals surface area contributed by atoms with Crippen molar-refractivity contribution in [3.8, 4) is 0 Å². The number of hydrogen-bond donors (Lipinski definition) is 2. The summed E-state index contributed by atoms with van der Waals surface area (Å²) in [5.41, 5.74) is 5.07. The number of halogens is 2. The number of H-pyrrole nitrogens is 1. The molecule has 170 valence electrons. The Morgan fingerprint density at radius 3 is 2.33 bits per heavy atom. The van der Waals surface area contributed by atoms with Gasteiger partial charge in [-0.05, 0) is 73.4 Å². The molecule has 0 unspecified atom stereocenters. The van der Waals surface area contributed by atoms with E-state index in [1.54, 1.807) is 62.4 Å². The van der Waals surface area contributed by atoms with E-state index < -0.39 is 15.9 Å². The molecule has 0 aliphatic heterocycles. The summed E-state index contributed by atoms with van der Waals surface area (Å²) >= 11 is 12.4. The molecule has 0 radical (unpaired) electrons. The highest BCUT2D eigenvalue weighted by atomic mass is 35.5. The van der Waals surface area contributed by atoms with Crippen LogP contribution in [0.25, 0.3) is 10.9 Å². The van der Waals surface area contributed by atoms with Gasteiger partial charge in [-0.15, -0.1) is 0 Å². The number of fused-ring (bicyclic) bond motifs is 1. The lowest BCUT2D eigenvalue weighted by atomic mass is 10.0. The summed E-state index contributed by atoms with van der Waals surface area (Å²) < 4.78 is 28.1.